The molecule has 0 radical (unpaired) electrons. The Bertz CT molecular complexity index is 526. The predicted molar refractivity (Wildman–Crippen MR) is 71.0 cm³/mol. The van der Waals surface area contributed by atoms with Crippen molar-refractivity contribution in [2.24, 2.45) is 4.99 Å². The van der Waals surface area contributed by atoms with Crippen molar-refractivity contribution in [1.29, 1.82) is 0 Å². The lowest BCUT2D eigenvalue weighted by molar-refractivity contribution is 0.407. The number of ether oxygens (including phenoxy) is 1. The molecule has 18 heavy (non-hydrogen) atoms. The first-order chi connectivity index (χ1) is 8.81. The van der Waals surface area contributed by atoms with Gasteiger partial charge in [0.1, 0.15) is 12.1 Å². The van der Waals surface area contributed by atoms with Crippen LogP contribution >= 0.6 is 0 Å². The molecule has 1 aromatic heterocycles. The van der Waals surface area contributed by atoms with Gasteiger partial charge in [-0.05, 0) is 13.0 Å². The summed E-state index contributed by atoms with van der Waals surface area (Å²) in [4.78, 5) is 12.4. The molecule has 0 amide bonds. The first-order valence-electron chi connectivity index (χ1n) is 5.72. The SMILES string of the molecule is COc1ccccc1C(C)N=Cc1cncnc1. The van der Waals surface area contributed by atoms with Crippen LogP contribution in [0.15, 0.2) is 48.0 Å². The lowest BCUT2D eigenvalue weighted by Crippen LogP contribution is -1.96. The van der Waals surface area contributed by atoms with E-state index in [1.54, 1.807) is 25.7 Å². The van der Waals surface area contributed by atoms with Crippen molar-refractivity contribution in [1.82, 2.24) is 9.97 Å². The van der Waals surface area contributed by atoms with Crippen LogP contribution in [0.5, 0.6) is 5.75 Å². The lowest BCUT2D eigenvalue weighted by atomic mass is 10.1. The Balaban J connectivity index is 2.17. The van der Waals surface area contributed by atoms with Gasteiger partial charge >= 0.3 is 0 Å². The molecule has 4 nitrogen and oxygen atoms in total. The van der Waals surface area contributed by atoms with Crippen LogP contribution in [0.3, 0.4) is 0 Å². The summed E-state index contributed by atoms with van der Waals surface area (Å²) >= 11 is 0. The molecule has 1 heterocycles. The number of methoxy groups -OCH3 is 1. The fourth-order valence-electron chi connectivity index (χ4n) is 1.67. The number of hydrogen-bond donors (Lipinski definition) is 0. The quantitative estimate of drug-likeness (QED) is 0.773. The largest absolute Gasteiger partial charge is 0.496 e. The molecule has 0 spiro atoms. The minimum atomic E-state index is 0.0290. The van der Waals surface area contributed by atoms with Gasteiger partial charge in [-0.15, -0.1) is 0 Å². The maximum Gasteiger partial charge on any atom is 0.124 e. The summed E-state index contributed by atoms with van der Waals surface area (Å²) in [6.45, 7) is 2.03. The third-order valence-corrected chi connectivity index (χ3v) is 2.62. The number of para-hydroxylation sites is 1. The molecule has 92 valence electrons. The van der Waals surface area contributed by atoms with Crippen LogP contribution in [0.25, 0.3) is 0 Å². The normalized spacial score (nSPS) is 12.6. The Labute approximate surface area is 106 Å². The van der Waals surface area contributed by atoms with Gasteiger partial charge in [0.05, 0.1) is 13.2 Å². The second-order valence-corrected chi connectivity index (χ2v) is 3.87. The highest BCUT2D eigenvalue weighted by Crippen LogP contribution is 2.26. The summed E-state index contributed by atoms with van der Waals surface area (Å²) in [6.07, 6.45) is 6.73. The van der Waals surface area contributed by atoms with E-state index >= 15 is 0 Å². The second kappa shape index (κ2) is 5.91. The number of hydrogen-bond acceptors (Lipinski definition) is 4. The highest BCUT2D eigenvalue weighted by Gasteiger charge is 2.08. The first-order valence-corrected chi connectivity index (χ1v) is 5.72. The number of rotatable bonds is 4. The second-order valence-electron chi connectivity index (χ2n) is 3.87. The van der Waals surface area contributed by atoms with Gasteiger partial charge in [0.25, 0.3) is 0 Å². The monoisotopic (exact) mass is 241 g/mol. The van der Waals surface area contributed by atoms with Crippen molar-refractivity contribution in [2.45, 2.75) is 13.0 Å². The number of benzene rings is 1. The van der Waals surface area contributed by atoms with Crippen LogP contribution in [0.2, 0.25) is 0 Å². The van der Waals surface area contributed by atoms with Gasteiger partial charge in [-0.3, -0.25) is 4.99 Å². The zero-order valence-electron chi connectivity index (χ0n) is 10.4. The van der Waals surface area contributed by atoms with Crippen LogP contribution in [0, 0.1) is 0 Å². The fraction of sp³-hybridized carbons (Fsp3) is 0.214. The minimum absolute atomic E-state index is 0.0290. The summed E-state index contributed by atoms with van der Waals surface area (Å²) in [5.41, 5.74) is 1.95. The molecule has 2 rings (SSSR count). The third-order valence-electron chi connectivity index (χ3n) is 2.62. The molecule has 1 unspecified atom stereocenters. The maximum atomic E-state index is 5.32. The van der Waals surface area contributed by atoms with Crippen molar-refractivity contribution in [3.63, 3.8) is 0 Å². The summed E-state index contributed by atoms with van der Waals surface area (Å²) < 4.78 is 5.32. The Morgan fingerprint density at radius 2 is 1.94 bits per heavy atom. The van der Waals surface area contributed by atoms with Crippen LogP contribution in [-0.4, -0.2) is 23.3 Å². The van der Waals surface area contributed by atoms with Crippen molar-refractivity contribution in [2.75, 3.05) is 7.11 Å². The predicted octanol–water partition coefficient (Wildman–Crippen LogP) is 2.67. The van der Waals surface area contributed by atoms with Gasteiger partial charge in [0.15, 0.2) is 0 Å². The Kier molecular flexibility index (Phi) is 4.02. The van der Waals surface area contributed by atoms with Crippen molar-refractivity contribution >= 4 is 6.21 Å². The summed E-state index contributed by atoms with van der Waals surface area (Å²) in [7, 11) is 1.67. The van der Waals surface area contributed by atoms with Crippen molar-refractivity contribution in [3.05, 3.63) is 54.1 Å². The highest BCUT2D eigenvalue weighted by molar-refractivity contribution is 5.78. The molecule has 1 aromatic carbocycles. The summed E-state index contributed by atoms with van der Waals surface area (Å²) in [6, 6.07) is 7.91. The average molecular weight is 241 g/mol. The molecule has 2 aromatic rings. The van der Waals surface area contributed by atoms with Crippen LogP contribution in [-0.2, 0) is 0 Å². The minimum Gasteiger partial charge on any atom is -0.496 e. The molecule has 0 aliphatic rings. The molecular weight excluding hydrogens is 226 g/mol. The van der Waals surface area contributed by atoms with Crippen molar-refractivity contribution in [3.8, 4) is 5.75 Å². The molecule has 0 N–H and O–H groups in total. The molecule has 4 heteroatoms. The molecule has 0 saturated heterocycles. The molecule has 0 aliphatic heterocycles. The van der Waals surface area contributed by atoms with Gasteiger partial charge in [-0.25, -0.2) is 9.97 Å². The van der Waals surface area contributed by atoms with Crippen molar-refractivity contribution < 1.29 is 4.74 Å². The van der Waals surface area contributed by atoms with Gasteiger partial charge in [-0.1, -0.05) is 18.2 Å². The van der Waals surface area contributed by atoms with E-state index in [0.29, 0.717) is 0 Å². The third kappa shape index (κ3) is 2.91. The molecular formula is C14H15N3O. The maximum absolute atomic E-state index is 5.32. The summed E-state index contributed by atoms with van der Waals surface area (Å²) in [5.74, 6) is 0.853. The van der Waals surface area contributed by atoms with Gasteiger partial charge in [0, 0.05) is 29.7 Å². The van der Waals surface area contributed by atoms with E-state index in [4.69, 9.17) is 4.74 Å². The van der Waals surface area contributed by atoms with E-state index in [1.807, 2.05) is 31.2 Å². The Morgan fingerprint density at radius 3 is 2.67 bits per heavy atom. The molecule has 0 fully saturated rings. The summed E-state index contributed by atoms with van der Waals surface area (Å²) in [5, 5.41) is 0. The lowest BCUT2D eigenvalue weighted by Gasteiger charge is -2.11. The van der Waals surface area contributed by atoms with Gasteiger partial charge in [-0.2, -0.15) is 0 Å². The van der Waals surface area contributed by atoms with Gasteiger partial charge < -0.3 is 4.74 Å². The molecule has 0 saturated carbocycles. The Morgan fingerprint density at radius 1 is 1.22 bits per heavy atom. The van der Waals surface area contributed by atoms with E-state index < -0.39 is 0 Å². The number of aliphatic imine (C=N–C) groups is 1. The Hall–Kier alpha value is -2.23. The van der Waals surface area contributed by atoms with Crippen LogP contribution in [0.4, 0.5) is 0 Å². The number of nitrogens with zero attached hydrogens (tertiary/aromatic N) is 3. The molecule has 0 bridgehead atoms. The zero-order valence-corrected chi connectivity index (χ0v) is 10.4. The molecule has 1 atom stereocenters. The molecule has 0 aliphatic carbocycles. The smallest absolute Gasteiger partial charge is 0.124 e. The topological polar surface area (TPSA) is 47.4 Å². The standard InChI is InChI=1S/C14H15N3O/c1-11(13-5-3-4-6-14(13)18-2)17-9-12-7-15-10-16-8-12/h3-11H,1-2H3. The fourth-order valence-corrected chi connectivity index (χ4v) is 1.67. The van der Waals surface area contributed by atoms with Crippen LogP contribution in [0.1, 0.15) is 24.1 Å². The van der Waals surface area contributed by atoms with Crippen LogP contribution < -0.4 is 4.74 Å². The van der Waals surface area contributed by atoms with E-state index in [1.165, 1.54) is 6.33 Å². The van der Waals surface area contributed by atoms with Gasteiger partial charge in [0.2, 0.25) is 0 Å². The van der Waals surface area contributed by atoms with E-state index in [2.05, 4.69) is 15.0 Å². The number of aromatic nitrogens is 2. The highest BCUT2D eigenvalue weighted by atomic mass is 16.5. The van der Waals surface area contributed by atoms with E-state index in [9.17, 15) is 0 Å². The van der Waals surface area contributed by atoms with E-state index in [-0.39, 0.29) is 6.04 Å². The van der Waals surface area contributed by atoms with E-state index in [0.717, 1.165) is 16.9 Å². The first kappa shape index (κ1) is 12.2. The average Bonchev–Trinajstić information content (AvgIpc) is 2.45. The zero-order chi connectivity index (χ0) is 12.8.